The van der Waals surface area contributed by atoms with E-state index in [1.165, 1.54) is 63.4 Å². The van der Waals surface area contributed by atoms with Crippen LogP contribution in [0.2, 0.25) is 18.1 Å². The molecule has 1 saturated carbocycles. The molecule has 124 valence electrons. The van der Waals surface area contributed by atoms with Gasteiger partial charge < -0.3 is 15.1 Å². The summed E-state index contributed by atoms with van der Waals surface area (Å²) in [6.45, 7) is 11.5. The Morgan fingerprint density at radius 2 is 1.76 bits per heavy atom. The first-order valence-corrected chi connectivity index (χ1v) is 11.8. The van der Waals surface area contributed by atoms with Gasteiger partial charge in [-0.25, -0.2) is 0 Å². The van der Waals surface area contributed by atoms with Crippen molar-refractivity contribution in [3.8, 4) is 0 Å². The number of hydrogen-bond acceptors (Lipinski definition) is 3. The second kappa shape index (κ2) is 7.58. The molecular weight excluding hydrogens is 276 g/mol. The summed E-state index contributed by atoms with van der Waals surface area (Å²) in [4.78, 5) is 2.64. The van der Waals surface area contributed by atoms with Crippen LogP contribution in [0.4, 0.5) is 0 Å². The lowest BCUT2D eigenvalue weighted by Crippen LogP contribution is -2.52. The maximum Gasteiger partial charge on any atom is 0.192 e. The number of piperidine rings is 1. The van der Waals surface area contributed by atoms with Crippen molar-refractivity contribution in [2.24, 2.45) is 11.1 Å². The maximum absolute atomic E-state index is 6.91. The molecule has 0 bridgehead atoms. The fraction of sp³-hybridized carbons (Fsp3) is 1.00. The van der Waals surface area contributed by atoms with E-state index >= 15 is 0 Å². The van der Waals surface area contributed by atoms with Crippen LogP contribution in [0, 0.1) is 5.41 Å². The molecule has 0 unspecified atom stereocenters. The quantitative estimate of drug-likeness (QED) is 0.522. The summed E-state index contributed by atoms with van der Waals surface area (Å²) in [7, 11) is -1.47. The maximum atomic E-state index is 6.91. The molecule has 1 spiro atoms. The van der Waals surface area contributed by atoms with Crippen molar-refractivity contribution in [3.05, 3.63) is 0 Å². The molecule has 1 aliphatic heterocycles. The van der Waals surface area contributed by atoms with Crippen molar-refractivity contribution >= 4 is 8.32 Å². The third-order valence-electron chi connectivity index (χ3n) is 6.18. The van der Waals surface area contributed by atoms with E-state index < -0.39 is 8.32 Å². The number of likely N-dealkylation sites (tertiary alicyclic amines) is 1. The van der Waals surface area contributed by atoms with Crippen LogP contribution in [0.15, 0.2) is 0 Å². The Hall–Kier alpha value is 0.0969. The fourth-order valence-corrected chi connectivity index (χ4v) is 6.87. The monoisotopic (exact) mass is 312 g/mol. The minimum Gasteiger partial charge on any atom is -0.412 e. The van der Waals surface area contributed by atoms with Gasteiger partial charge in [-0.1, -0.05) is 20.8 Å². The second-order valence-corrected chi connectivity index (χ2v) is 12.0. The summed E-state index contributed by atoms with van der Waals surface area (Å²) in [5, 5.41) is 0. The van der Waals surface area contributed by atoms with Gasteiger partial charge in [0.15, 0.2) is 8.32 Å². The van der Waals surface area contributed by atoms with Crippen LogP contribution in [-0.4, -0.2) is 45.5 Å². The lowest BCUT2D eigenvalue weighted by Gasteiger charge is -2.44. The van der Waals surface area contributed by atoms with Crippen LogP contribution in [0.1, 0.15) is 52.9 Å². The first-order valence-electron chi connectivity index (χ1n) is 9.24. The molecule has 1 heterocycles. The van der Waals surface area contributed by atoms with E-state index in [0.29, 0.717) is 11.5 Å². The molecule has 21 heavy (non-hydrogen) atoms. The molecular formula is C17H36N2OSi. The summed E-state index contributed by atoms with van der Waals surface area (Å²) in [5.74, 6) is 0. The average molecular weight is 313 g/mol. The van der Waals surface area contributed by atoms with Gasteiger partial charge in [0.1, 0.15) is 0 Å². The van der Waals surface area contributed by atoms with E-state index in [2.05, 4.69) is 25.7 Å². The first kappa shape index (κ1) is 17.5. The molecule has 0 aromatic heterocycles. The predicted molar refractivity (Wildman–Crippen MR) is 93.1 cm³/mol. The summed E-state index contributed by atoms with van der Waals surface area (Å²) < 4.78 is 6.91. The number of hydrogen-bond donors (Lipinski definition) is 1. The van der Waals surface area contributed by atoms with Gasteiger partial charge in [-0.15, -0.1) is 0 Å². The molecule has 0 aromatic carbocycles. The van der Waals surface area contributed by atoms with Gasteiger partial charge in [-0.3, -0.25) is 0 Å². The molecule has 4 heteroatoms. The van der Waals surface area contributed by atoms with Crippen LogP contribution in [0.3, 0.4) is 0 Å². The molecule has 1 aliphatic carbocycles. The van der Waals surface area contributed by atoms with E-state index in [1.54, 1.807) is 0 Å². The van der Waals surface area contributed by atoms with Crippen LogP contribution in [0.5, 0.6) is 0 Å². The number of rotatable bonds is 9. The molecule has 1 atom stereocenters. The molecule has 0 amide bonds. The van der Waals surface area contributed by atoms with Gasteiger partial charge >= 0.3 is 0 Å². The minimum absolute atomic E-state index is 0.524. The van der Waals surface area contributed by atoms with Gasteiger partial charge in [0, 0.05) is 6.54 Å². The van der Waals surface area contributed by atoms with Crippen molar-refractivity contribution in [1.82, 2.24) is 4.90 Å². The molecule has 1 saturated heterocycles. The zero-order chi connectivity index (χ0) is 15.3. The molecule has 0 radical (unpaired) electrons. The Labute approximate surface area is 132 Å². The Balaban J connectivity index is 1.94. The standard InChI is InChI=1S/C17H36N2OSi/c1-4-21(5-2,6-3)20-16-15-19(13-8-7-12-18)14-11-17(16)9-10-17/h16H,4-15,18H2,1-3H3/t16-/m1/s1. The molecule has 0 aromatic rings. The van der Waals surface area contributed by atoms with E-state index in [0.717, 1.165) is 13.0 Å². The highest BCUT2D eigenvalue weighted by atomic mass is 28.4. The summed E-state index contributed by atoms with van der Waals surface area (Å²) in [6.07, 6.45) is 7.11. The Kier molecular flexibility index (Phi) is 6.30. The summed E-state index contributed by atoms with van der Waals surface area (Å²) >= 11 is 0. The zero-order valence-corrected chi connectivity index (χ0v) is 15.5. The number of nitrogens with two attached hydrogens (primary N) is 1. The largest absolute Gasteiger partial charge is 0.412 e. The third-order valence-corrected chi connectivity index (χ3v) is 10.8. The highest BCUT2D eigenvalue weighted by Crippen LogP contribution is 2.55. The van der Waals surface area contributed by atoms with Gasteiger partial charge in [-0.05, 0) is 75.3 Å². The highest BCUT2D eigenvalue weighted by molar-refractivity contribution is 6.73. The topological polar surface area (TPSA) is 38.5 Å². The molecule has 2 fully saturated rings. The van der Waals surface area contributed by atoms with Gasteiger partial charge in [0.2, 0.25) is 0 Å². The predicted octanol–water partition coefficient (Wildman–Crippen LogP) is 3.60. The van der Waals surface area contributed by atoms with Gasteiger partial charge in [0.25, 0.3) is 0 Å². The van der Waals surface area contributed by atoms with Gasteiger partial charge in [-0.2, -0.15) is 0 Å². The Bertz CT molecular complexity index is 308. The smallest absolute Gasteiger partial charge is 0.192 e. The van der Waals surface area contributed by atoms with Crippen molar-refractivity contribution in [2.45, 2.75) is 77.1 Å². The highest BCUT2D eigenvalue weighted by Gasteiger charge is 2.54. The first-order chi connectivity index (χ1) is 10.1. The number of unbranched alkanes of at least 4 members (excludes halogenated alkanes) is 1. The summed E-state index contributed by atoms with van der Waals surface area (Å²) in [6, 6.07) is 3.83. The molecule has 2 aliphatic rings. The van der Waals surface area contributed by atoms with E-state index in [1.807, 2.05) is 0 Å². The normalized spacial score (nSPS) is 25.4. The second-order valence-electron chi connectivity index (χ2n) is 7.26. The van der Waals surface area contributed by atoms with Gasteiger partial charge in [0.05, 0.1) is 6.10 Å². The zero-order valence-electron chi connectivity index (χ0n) is 14.5. The lowest BCUT2D eigenvalue weighted by atomic mass is 9.90. The van der Waals surface area contributed by atoms with Crippen LogP contribution >= 0.6 is 0 Å². The fourth-order valence-electron chi connectivity index (χ4n) is 3.94. The SMILES string of the molecule is CC[Si](CC)(CC)O[C@@H]1CN(CCCCN)CCC12CC2. The van der Waals surface area contributed by atoms with Crippen molar-refractivity contribution in [1.29, 1.82) is 0 Å². The van der Waals surface area contributed by atoms with Crippen molar-refractivity contribution in [3.63, 3.8) is 0 Å². The lowest BCUT2D eigenvalue weighted by molar-refractivity contribution is 0.0180. The van der Waals surface area contributed by atoms with Crippen LogP contribution < -0.4 is 5.73 Å². The molecule has 2 rings (SSSR count). The Morgan fingerprint density at radius 1 is 1.10 bits per heavy atom. The molecule has 2 N–H and O–H groups in total. The van der Waals surface area contributed by atoms with Crippen LogP contribution in [0.25, 0.3) is 0 Å². The van der Waals surface area contributed by atoms with E-state index in [-0.39, 0.29) is 0 Å². The van der Waals surface area contributed by atoms with Crippen molar-refractivity contribution < 1.29 is 4.43 Å². The average Bonchev–Trinajstić information content (AvgIpc) is 3.29. The van der Waals surface area contributed by atoms with Crippen molar-refractivity contribution in [2.75, 3.05) is 26.2 Å². The van der Waals surface area contributed by atoms with E-state index in [9.17, 15) is 0 Å². The Morgan fingerprint density at radius 3 is 2.29 bits per heavy atom. The van der Waals surface area contributed by atoms with E-state index in [4.69, 9.17) is 10.2 Å². The summed E-state index contributed by atoms with van der Waals surface area (Å²) in [5.41, 5.74) is 6.20. The minimum atomic E-state index is -1.47. The van der Waals surface area contributed by atoms with Crippen LogP contribution in [-0.2, 0) is 4.43 Å². The number of nitrogens with zero attached hydrogens (tertiary/aromatic N) is 1. The third kappa shape index (κ3) is 4.09. The molecule has 3 nitrogen and oxygen atoms in total.